The molecule has 0 aliphatic rings. The summed E-state index contributed by atoms with van der Waals surface area (Å²) in [7, 11) is 0. The van der Waals surface area contributed by atoms with E-state index in [0.29, 0.717) is 0 Å². The van der Waals surface area contributed by atoms with Crippen LogP contribution >= 0.6 is 0 Å². The number of benzene rings is 1. The summed E-state index contributed by atoms with van der Waals surface area (Å²) >= 11 is 0. The summed E-state index contributed by atoms with van der Waals surface area (Å²) in [6, 6.07) is 9.52. The summed E-state index contributed by atoms with van der Waals surface area (Å²) in [6.45, 7) is 4.71. The Labute approximate surface area is 148 Å². The molecule has 2 aromatic heterocycles. The van der Waals surface area contributed by atoms with Crippen LogP contribution in [0.4, 0.5) is 0 Å². The zero-order chi connectivity index (χ0) is 14.1. The molecule has 0 aliphatic carbocycles. The first-order valence-corrected chi connectivity index (χ1v) is 6.62. The Hall–Kier alpha value is -1.26. The molecule has 1 aromatic carbocycles. The minimum Gasteiger partial charge on any atom is -0.310 e. The van der Waals surface area contributed by atoms with Crippen molar-refractivity contribution in [1.82, 2.24) is 14.3 Å². The summed E-state index contributed by atoms with van der Waals surface area (Å²) in [5.74, 6) is 0. The normalized spacial score (nSPS) is 10.6. The van der Waals surface area contributed by atoms with Gasteiger partial charge in [-0.15, -0.1) is 0 Å². The fraction of sp³-hybridized carbons (Fsp3) is 0.188. The van der Waals surface area contributed by atoms with E-state index in [-0.39, 0.29) is 38.3 Å². The Morgan fingerprint density at radius 3 is 2.76 bits per heavy atom. The standard InChI is InChI=1S/C16H16N3O.Y/c1-3-7-19-15-5-4-14(10-13(15)11-17-19)18-8-6-12(2)9-16(18)20;/h3-6,8-11H,7H2,1-2H3;/q-1;. The van der Waals surface area contributed by atoms with Gasteiger partial charge >= 0.3 is 0 Å². The fourth-order valence-corrected chi connectivity index (χ4v) is 2.33. The molecule has 0 saturated heterocycles. The Morgan fingerprint density at radius 1 is 1.24 bits per heavy atom. The van der Waals surface area contributed by atoms with Gasteiger partial charge < -0.3 is 6.42 Å². The first kappa shape index (κ1) is 16.1. The maximum atomic E-state index is 12.0. The van der Waals surface area contributed by atoms with E-state index >= 15 is 0 Å². The molecular formula is C16H16N3OY-. The van der Waals surface area contributed by atoms with Gasteiger partial charge in [0.2, 0.25) is 0 Å². The summed E-state index contributed by atoms with van der Waals surface area (Å²) in [5.41, 5.74) is 2.90. The number of aryl methyl sites for hydroxylation is 1. The second-order valence-electron chi connectivity index (χ2n) is 4.89. The summed E-state index contributed by atoms with van der Waals surface area (Å²) in [4.78, 5) is 12.0. The van der Waals surface area contributed by atoms with E-state index in [1.807, 2.05) is 55.2 Å². The maximum Gasteiger partial charge on any atom is 0.255 e. The van der Waals surface area contributed by atoms with Crippen LogP contribution in [-0.4, -0.2) is 14.3 Å². The van der Waals surface area contributed by atoms with Crippen LogP contribution in [0.2, 0.25) is 0 Å². The molecule has 0 spiro atoms. The van der Waals surface area contributed by atoms with E-state index in [1.165, 1.54) is 0 Å². The third-order valence-electron chi connectivity index (χ3n) is 3.33. The van der Waals surface area contributed by atoms with Gasteiger partial charge in [0.05, 0.1) is 11.7 Å². The number of aromatic nitrogens is 3. The van der Waals surface area contributed by atoms with Gasteiger partial charge in [0.25, 0.3) is 5.56 Å². The molecule has 0 N–H and O–H groups in total. The average molecular weight is 355 g/mol. The predicted molar refractivity (Wildman–Crippen MR) is 80.0 cm³/mol. The van der Waals surface area contributed by atoms with Gasteiger partial charge in [0.15, 0.2) is 0 Å². The monoisotopic (exact) mass is 355 g/mol. The zero-order valence-corrected chi connectivity index (χ0v) is 15.0. The van der Waals surface area contributed by atoms with Crippen LogP contribution < -0.4 is 5.56 Å². The minimum absolute atomic E-state index is 0. The van der Waals surface area contributed by atoms with Crippen molar-refractivity contribution < 1.29 is 32.7 Å². The predicted octanol–water partition coefficient (Wildman–Crippen LogP) is 2.72. The van der Waals surface area contributed by atoms with Crippen molar-refractivity contribution in [1.29, 1.82) is 0 Å². The number of fused-ring (bicyclic) bond motifs is 1. The molecule has 0 amide bonds. The number of hydrogen-bond acceptors (Lipinski definition) is 2. The molecule has 0 bridgehead atoms. The Balaban J connectivity index is 0.00000161. The van der Waals surface area contributed by atoms with E-state index in [2.05, 4.69) is 11.5 Å². The van der Waals surface area contributed by atoms with E-state index in [9.17, 15) is 4.79 Å². The molecule has 21 heavy (non-hydrogen) atoms. The van der Waals surface area contributed by atoms with Crippen molar-refractivity contribution in [3.63, 3.8) is 0 Å². The summed E-state index contributed by atoms with van der Waals surface area (Å²) in [6.07, 6.45) is 5.70. The van der Waals surface area contributed by atoms with E-state index in [1.54, 1.807) is 10.6 Å². The molecule has 0 fully saturated rings. The second kappa shape index (κ2) is 6.67. The van der Waals surface area contributed by atoms with Crippen LogP contribution in [0.25, 0.3) is 16.6 Å². The molecule has 0 saturated carbocycles. The molecule has 3 rings (SSSR count). The number of rotatable bonds is 3. The fourth-order valence-electron chi connectivity index (χ4n) is 2.33. The molecule has 0 atom stereocenters. The van der Waals surface area contributed by atoms with Crippen LogP contribution in [0.5, 0.6) is 0 Å². The van der Waals surface area contributed by atoms with E-state index < -0.39 is 0 Å². The largest absolute Gasteiger partial charge is 0.310 e. The molecular weight excluding hydrogens is 339 g/mol. The molecule has 105 valence electrons. The second-order valence-corrected chi connectivity index (χ2v) is 4.89. The first-order valence-electron chi connectivity index (χ1n) is 6.62. The molecule has 1 radical (unpaired) electrons. The first-order chi connectivity index (χ1) is 9.69. The van der Waals surface area contributed by atoms with Crippen LogP contribution in [-0.2, 0) is 39.3 Å². The molecule has 0 aliphatic heterocycles. The van der Waals surface area contributed by atoms with Gasteiger partial charge in [-0.25, -0.2) is 0 Å². The topological polar surface area (TPSA) is 39.8 Å². The zero-order valence-electron chi connectivity index (χ0n) is 12.2. The maximum absolute atomic E-state index is 12.0. The van der Waals surface area contributed by atoms with Crippen molar-refractivity contribution in [2.75, 3.05) is 0 Å². The van der Waals surface area contributed by atoms with Crippen molar-refractivity contribution in [3.8, 4) is 5.69 Å². The van der Waals surface area contributed by atoms with Gasteiger partial charge in [0.1, 0.15) is 0 Å². The number of nitrogens with zero attached hydrogens (tertiary/aromatic N) is 3. The van der Waals surface area contributed by atoms with Crippen molar-refractivity contribution in [2.45, 2.75) is 20.4 Å². The third kappa shape index (κ3) is 3.17. The summed E-state index contributed by atoms with van der Waals surface area (Å²) in [5, 5.41) is 5.39. The van der Waals surface area contributed by atoms with Crippen molar-refractivity contribution in [2.24, 2.45) is 0 Å². The molecule has 3 aromatic rings. The third-order valence-corrected chi connectivity index (χ3v) is 3.33. The van der Waals surface area contributed by atoms with Crippen LogP contribution in [0, 0.1) is 13.3 Å². The molecule has 2 heterocycles. The van der Waals surface area contributed by atoms with Crippen molar-refractivity contribution >= 4 is 10.9 Å². The van der Waals surface area contributed by atoms with E-state index in [0.717, 1.165) is 28.7 Å². The van der Waals surface area contributed by atoms with Crippen LogP contribution in [0.15, 0.2) is 47.5 Å². The van der Waals surface area contributed by atoms with E-state index in [4.69, 9.17) is 0 Å². The Bertz CT molecular complexity index is 820. The van der Waals surface area contributed by atoms with Gasteiger partial charge in [0, 0.05) is 56.0 Å². The molecule has 4 nitrogen and oxygen atoms in total. The van der Waals surface area contributed by atoms with Crippen LogP contribution in [0.3, 0.4) is 0 Å². The van der Waals surface area contributed by atoms with Crippen LogP contribution in [0.1, 0.15) is 12.5 Å². The van der Waals surface area contributed by atoms with Gasteiger partial charge in [-0.3, -0.25) is 14.0 Å². The molecule has 0 unspecified atom stereocenters. The van der Waals surface area contributed by atoms with Crippen molar-refractivity contribution in [3.05, 3.63) is 65.1 Å². The van der Waals surface area contributed by atoms with Gasteiger partial charge in [-0.2, -0.15) is 12.0 Å². The summed E-state index contributed by atoms with van der Waals surface area (Å²) < 4.78 is 3.59. The Morgan fingerprint density at radius 2 is 2.05 bits per heavy atom. The quantitative estimate of drug-likeness (QED) is 0.678. The number of pyridine rings is 1. The SMILES string of the molecule is C[CH-]Cn1ncc2cc(-n3ccc(C)cc3=O)ccc21.[Y]. The number of hydrogen-bond donors (Lipinski definition) is 0. The minimum atomic E-state index is -0.0152. The smallest absolute Gasteiger partial charge is 0.255 e. The Kier molecular flexibility index (Phi) is 5.12. The average Bonchev–Trinajstić information content (AvgIpc) is 2.82. The van der Waals surface area contributed by atoms with Gasteiger partial charge in [-0.05, 0) is 36.8 Å². The molecule has 5 heteroatoms. The van der Waals surface area contributed by atoms with Gasteiger partial charge in [-0.1, -0.05) is 6.54 Å².